The van der Waals surface area contributed by atoms with Crippen LogP contribution in [-0.2, 0) is 24.1 Å². The topological polar surface area (TPSA) is 61.8 Å². The minimum absolute atomic E-state index is 0.481. The molecule has 0 aromatic carbocycles. The molecule has 23 heavy (non-hydrogen) atoms. The lowest BCUT2D eigenvalue weighted by Gasteiger charge is -2.15. The molecule has 0 N–H and O–H groups in total. The van der Waals surface area contributed by atoms with Gasteiger partial charge in [0.1, 0.15) is 6.29 Å². The predicted octanol–water partition coefficient (Wildman–Crippen LogP) is 4.28. The molecule has 0 saturated carbocycles. The molecule has 1 unspecified atom stereocenters. The van der Waals surface area contributed by atoms with Crippen molar-refractivity contribution < 1.29 is 24.1 Å². The molecule has 5 heteroatoms. The molecule has 132 valence electrons. The highest BCUT2D eigenvalue weighted by Crippen LogP contribution is 2.08. The third-order valence-corrected chi connectivity index (χ3v) is 2.93. The van der Waals surface area contributed by atoms with Crippen LogP contribution in [0.2, 0.25) is 0 Å². The third kappa shape index (κ3) is 16.7. The molecule has 0 aliphatic carbocycles. The molecule has 0 rings (SSSR count). The number of hydrogen-bond donors (Lipinski definition) is 0. The van der Waals surface area contributed by atoms with E-state index in [4.69, 9.17) is 9.62 Å². The van der Waals surface area contributed by atoms with Crippen LogP contribution in [0.3, 0.4) is 0 Å². The molecule has 5 nitrogen and oxygen atoms in total. The number of rotatable bonds is 15. The standard InChI is InChI=1S/C18H30O5/c1-3-4-16-21-18(23-22-17(2)20)14-12-10-8-6-5-7-9-11-13-15-19/h7-10,15,18H,3-6,11-14,16H2,1-2H3. The lowest BCUT2D eigenvalue weighted by Crippen LogP contribution is -2.19. The number of hydrogen-bond acceptors (Lipinski definition) is 5. The van der Waals surface area contributed by atoms with E-state index in [0.29, 0.717) is 19.4 Å². The first-order valence-corrected chi connectivity index (χ1v) is 8.39. The number of aldehydes is 1. The van der Waals surface area contributed by atoms with Gasteiger partial charge in [-0.1, -0.05) is 37.6 Å². The van der Waals surface area contributed by atoms with E-state index in [9.17, 15) is 9.59 Å². The molecule has 0 spiro atoms. The summed E-state index contributed by atoms with van der Waals surface area (Å²) in [4.78, 5) is 30.5. The minimum Gasteiger partial charge on any atom is -0.349 e. The first kappa shape index (κ1) is 21.5. The number of allylic oxidation sites excluding steroid dienone is 4. The van der Waals surface area contributed by atoms with Crippen LogP contribution in [0.25, 0.3) is 0 Å². The highest BCUT2D eigenvalue weighted by atomic mass is 17.2. The van der Waals surface area contributed by atoms with Crippen molar-refractivity contribution in [3.05, 3.63) is 24.3 Å². The van der Waals surface area contributed by atoms with Crippen molar-refractivity contribution in [2.75, 3.05) is 6.61 Å². The number of carbonyl (C=O) groups is 2. The summed E-state index contributed by atoms with van der Waals surface area (Å²) >= 11 is 0. The summed E-state index contributed by atoms with van der Waals surface area (Å²) < 4.78 is 5.54. The molecule has 0 aliphatic rings. The molecule has 0 bridgehead atoms. The van der Waals surface area contributed by atoms with Gasteiger partial charge in [-0.05, 0) is 32.1 Å². The monoisotopic (exact) mass is 326 g/mol. The lowest BCUT2D eigenvalue weighted by molar-refractivity contribution is -0.352. The van der Waals surface area contributed by atoms with Crippen LogP contribution in [0.1, 0.15) is 65.2 Å². The van der Waals surface area contributed by atoms with Gasteiger partial charge in [0.25, 0.3) is 0 Å². The smallest absolute Gasteiger partial charge is 0.339 e. The maximum atomic E-state index is 10.8. The van der Waals surface area contributed by atoms with Crippen molar-refractivity contribution >= 4 is 12.3 Å². The zero-order chi connectivity index (χ0) is 17.2. The second-order valence-electron chi connectivity index (χ2n) is 5.17. The molecule has 0 aromatic rings. The van der Waals surface area contributed by atoms with E-state index < -0.39 is 12.3 Å². The third-order valence-electron chi connectivity index (χ3n) is 2.93. The summed E-state index contributed by atoms with van der Waals surface area (Å²) in [6.07, 6.45) is 15.5. The molecule has 0 amide bonds. The Morgan fingerprint density at radius 1 is 1.00 bits per heavy atom. The Bertz CT molecular complexity index is 349. The predicted molar refractivity (Wildman–Crippen MR) is 89.5 cm³/mol. The molecule has 0 heterocycles. The van der Waals surface area contributed by atoms with Gasteiger partial charge in [-0.3, -0.25) is 4.89 Å². The van der Waals surface area contributed by atoms with Crippen LogP contribution in [0, 0.1) is 0 Å². The van der Waals surface area contributed by atoms with Crippen molar-refractivity contribution in [3.8, 4) is 0 Å². The van der Waals surface area contributed by atoms with Gasteiger partial charge >= 0.3 is 5.97 Å². The van der Waals surface area contributed by atoms with Gasteiger partial charge < -0.3 is 9.53 Å². The molecule has 0 fully saturated rings. The van der Waals surface area contributed by atoms with Gasteiger partial charge in [-0.15, -0.1) is 0 Å². The maximum Gasteiger partial charge on any atom is 0.339 e. The summed E-state index contributed by atoms with van der Waals surface area (Å²) in [7, 11) is 0. The van der Waals surface area contributed by atoms with E-state index in [-0.39, 0.29) is 0 Å². The Kier molecular flexibility index (Phi) is 15.8. The van der Waals surface area contributed by atoms with Crippen molar-refractivity contribution in [1.82, 2.24) is 0 Å². The summed E-state index contributed by atoms with van der Waals surface area (Å²) in [5.41, 5.74) is 0. The minimum atomic E-state index is -0.515. The largest absolute Gasteiger partial charge is 0.349 e. The van der Waals surface area contributed by atoms with Gasteiger partial charge in [-0.25, -0.2) is 4.79 Å². The van der Waals surface area contributed by atoms with Crippen LogP contribution in [0.4, 0.5) is 0 Å². The zero-order valence-corrected chi connectivity index (χ0v) is 14.4. The van der Waals surface area contributed by atoms with E-state index in [2.05, 4.69) is 30.0 Å². The summed E-state index contributed by atoms with van der Waals surface area (Å²) in [5, 5.41) is 0. The van der Waals surface area contributed by atoms with E-state index in [0.717, 1.165) is 44.8 Å². The van der Waals surface area contributed by atoms with Crippen LogP contribution >= 0.6 is 0 Å². The molecular weight excluding hydrogens is 296 g/mol. The normalized spacial score (nSPS) is 12.8. The highest BCUT2D eigenvalue weighted by molar-refractivity contribution is 5.65. The molecule has 0 aromatic heterocycles. The number of carbonyl (C=O) groups excluding carboxylic acids is 2. The fraction of sp³-hybridized carbons (Fsp3) is 0.667. The number of unbranched alkanes of at least 4 members (excludes halogenated alkanes) is 3. The Morgan fingerprint density at radius 3 is 2.17 bits per heavy atom. The van der Waals surface area contributed by atoms with Crippen molar-refractivity contribution in [1.29, 1.82) is 0 Å². The molecular formula is C18H30O5. The zero-order valence-electron chi connectivity index (χ0n) is 14.4. The van der Waals surface area contributed by atoms with Gasteiger partial charge in [0.05, 0.1) is 0 Å². The van der Waals surface area contributed by atoms with E-state index in [1.165, 1.54) is 6.92 Å². The summed E-state index contributed by atoms with van der Waals surface area (Å²) in [5.74, 6) is -0.481. The first-order valence-electron chi connectivity index (χ1n) is 8.39. The Morgan fingerprint density at radius 2 is 1.61 bits per heavy atom. The van der Waals surface area contributed by atoms with E-state index in [1.807, 2.05) is 6.08 Å². The lowest BCUT2D eigenvalue weighted by atomic mass is 10.2. The van der Waals surface area contributed by atoms with E-state index in [1.54, 1.807) is 0 Å². The highest BCUT2D eigenvalue weighted by Gasteiger charge is 2.11. The van der Waals surface area contributed by atoms with Crippen molar-refractivity contribution in [2.24, 2.45) is 0 Å². The quantitative estimate of drug-likeness (QED) is 0.112. The molecule has 0 radical (unpaired) electrons. The Balaban J connectivity index is 3.81. The maximum absolute atomic E-state index is 10.8. The van der Waals surface area contributed by atoms with E-state index >= 15 is 0 Å². The van der Waals surface area contributed by atoms with Gasteiger partial charge in [-0.2, -0.15) is 4.89 Å². The van der Waals surface area contributed by atoms with Crippen LogP contribution in [-0.4, -0.2) is 25.2 Å². The van der Waals surface area contributed by atoms with Crippen molar-refractivity contribution in [2.45, 2.75) is 71.5 Å². The Hall–Kier alpha value is -1.46. The SMILES string of the molecule is CCCCOC(CCC=CCCC=CCCC=O)OOC(C)=O. The first-order chi connectivity index (χ1) is 11.2. The second kappa shape index (κ2) is 16.9. The number of ether oxygens (including phenoxy) is 1. The molecule has 0 saturated heterocycles. The van der Waals surface area contributed by atoms with Crippen molar-refractivity contribution in [3.63, 3.8) is 0 Å². The van der Waals surface area contributed by atoms with Crippen LogP contribution in [0.15, 0.2) is 24.3 Å². The summed E-state index contributed by atoms with van der Waals surface area (Å²) in [6, 6.07) is 0. The average molecular weight is 326 g/mol. The van der Waals surface area contributed by atoms with Crippen LogP contribution < -0.4 is 0 Å². The molecule has 1 atom stereocenters. The molecule has 0 aliphatic heterocycles. The average Bonchev–Trinajstić information content (AvgIpc) is 2.53. The van der Waals surface area contributed by atoms with Gasteiger partial charge in [0.15, 0.2) is 0 Å². The fourth-order valence-corrected chi connectivity index (χ4v) is 1.70. The second-order valence-corrected chi connectivity index (χ2v) is 5.17. The Labute approximate surface area is 139 Å². The van der Waals surface area contributed by atoms with Gasteiger partial charge in [0, 0.05) is 26.4 Å². The summed E-state index contributed by atoms with van der Waals surface area (Å²) in [6.45, 7) is 3.98. The van der Waals surface area contributed by atoms with Gasteiger partial charge in [0.2, 0.25) is 6.29 Å². The van der Waals surface area contributed by atoms with Crippen LogP contribution in [0.5, 0.6) is 0 Å². The fourth-order valence-electron chi connectivity index (χ4n) is 1.70.